The maximum absolute atomic E-state index is 12.0. The van der Waals surface area contributed by atoms with Crippen molar-refractivity contribution in [2.75, 3.05) is 19.4 Å². The van der Waals surface area contributed by atoms with Gasteiger partial charge in [0, 0.05) is 17.5 Å². The maximum atomic E-state index is 12.0. The summed E-state index contributed by atoms with van der Waals surface area (Å²) < 4.78 is 1.78. The van der Waals surface area contributed by atoms with Gasteiger partial charge in [-0.1, -0.05) is 30.3 Å². The number of rotatable bonds is 5. The minimum Gasteiger partial charge on any atom is -0.303 e. The summed E-state index contributed by atoms with van der Waals surface area (Å²) >= 11 is 0. The number of hydrogen-bond acceptors (Lipinski definition) is 4. The number of nitrogens with zero attached hydrogens (tertiary/aromatic N) is 4. The fourth-order valence-corrected chi connectivity index (χ4v) is 2.97. The number of hydrogen-bond donors (Lipinski definition) is 1. The lowest BCUT2D eigenvalue weighted by molar-refractivity contribution is -0.117. The zero-order valence-corrected chi connectivity index (χ0v) is 15.3. The average Bonchev–Trinajstić information content (AvgIpc) is 3.41. The predicted molar refractivity (Wildman–Crippen MR) is 102 cm³/mol. The Morgan fingerprint density at radius 2 is 1.92 bits per heavy atom. The quantitative estimate of drug-likeness (QED) is 0.767. The van der Waals surface area contributed by atoms with Gasteiger partial charge >= 0.3 is 0 Å². The molecule has 0 bridgehead atoms. The standard InChI is InChI=1S/C20H23N5O/c1-13(24(2)3)14-7-9-15(10-8-14)17-5-4-6-18-21-20(23-25(17)18)22-19(26)16-11-12-16/h4-10,13,16H,11-12H2,1-3H3,(H,22,23,26). The van der Waals surface area contributed by atoms with Gasteiger partial charge in [-0.05, 0) is 51.6 Å². The van der Waals surface area contributed by atoms with E-state index >= 15 is 0 Å². The Bertz CT molecular complexity index is 940. The van der Waals surface area contributed by atoms with E-state index in [0.717, 1.165) is 29.7 Å². The molecule has 3 aromatic rings. The van der Waals surface area contributed by atoms with E-state index in [9.17, 15) is 4.79 Å². The Kier molecular flexibility index (Phi) is 4.20. The molecule has 1 aliphatic rings. The van der Waals surface area contributed by atoms with Crippen LogP contribution < -0.4 is 5.32 Å². The van der Waals surface area contributed by atoms with E-state index in [4.69, 9.17) is 0 Å². The van der Waals surface area contributed by atoms with Crippen LogP contribution in [-0.4, -0.2) is 39.5 Å². The summed E-state index contributed by atoms with van der Waals surface area (Å²) in [6.45, 7) is 2.18. The zero-order chi connectivity index (χ0) is 18.3. The monoisotopic (exact) mass is 349 g/mol. The largest absolute Gasteiger partial charge is 0.303 e. The Morgan fingerprint density at radius 3 is 2.58 bits per heavy atom. The summed E-state index contributed by atoms with van der Waals surface area (Å²) in [5.41, 5.74) is 4.00. The number of amides is 1. The number of nitrogens with one attached hydrogen (secondary N) is 1. The van der Waals surface area contributed by atoms with E-state index in [0.29, 0.717) is 12.0 Å². The van der Waals surface area contributed by atoms with Crippen molar-refractivity contribution in [3.63, 3.8) is 0 Å². The third kappa shape index (κ3) is 3.20. The molecule has 1 N–H and O–H groups in total. The van der Waals surface area contributed by atoms with E-state index in [1.54, 1.807) is 4.52 Å². The molecule has 1 aromatic carbocycles. The number of carbonyl (C=O) groups excluding carboxylic acids is 1. The first kappa shape index (κ1) is 16.7. The lowest BCUT2D eigenvalue weighted by Gasteiger charge is -2.20. The number of pyridine rings is 1. The van der Waals surface area contributed by atoms with Crippen molar-refractivity contribution < 1.29 is 4.79 Å². The Hall–Kier alpha value is -2.73. The van der Waals surface area contributed by atoms with Crippen LogP contribution in [0.25, 0.3) is 16.9 Å². The number of benzene rings is 1. The normalized spacial score (nSPS) is 15.4. The van der Waals surface area contributed by atoms with Crippen LogP contribution in [0, 0.1) is 5.92 Å². The van der Waals surface area contributed by atoms with Crippen molar-refractivity contribution >= 4 is 17.5 Å². The van der Waals surface area contributed by atoms with Gasteiger partial charge < -0.3 is 4.90 Å². The van der Waals surface area contributed by atoms with Gasteiger partial charge in [0.25, 0.3) is 0 Å². The minimum atomic E-state index is 0.0180. The van der Waals surface area contributed by atoms with Crippen LogP contribution >= 0.6 is 0 Å². The van der Waals surface area contributed by atoms with E-state index in [1.165, 1.54) is 5.56 Å². The van der Waals surface area contributed by atoms with Crippen molar-refractivity contribution in [1.82, 2.24) is 19.5 Å². The molecule has 0 aliphatic heterocycles. The third-order valence-corrected chi connectivity index (χ3v) is 5.01. The van der Waals surface area contributed by atoms with E-state index in [1.807, 2.05) is 18.2 Å². The SMILES string of the molecule is CC(c1ccc(-c2cccc3nc(NC(=O)C4CC4)nn23)cc1)N(C)C. The van der Waals surface area contributed by atoms with Gasteiger partial charge in [-0.3, -0.25) is 10.1 Å². The van der Waals surface area contributed by atoms with E-state index in [2.05, 4.69) is 65.6 Å². The molecule has 6 heteroatoms. The van der Waals surface area contributed by atoms with E-state index < -0.39 is 0 Å². The summed E-state index contributed by atoms with van der Waals surface area (Å²) in [7, 11) is 4.15. The molecule has 1 aliphatic carbocycles. The van der Waals surface area contributed by atoms with Crippen molar-refractivity contribution in [2.24, 2.45) is 5.92 Å². The third-order valence-electron chi connectivity index (χ3n) is 5.01. The van der Waals surface area contributed by atoms with Gasteiger partial charge in [-0.25, -0.2) is 4.52 Å². The van der Waals surface area contributed by atoms with Crippen molar-refractivity contribution in [3.05, 3.63) is 48.0 Å². The first-order chi connectivity index (χ1) is 12.5. The molecule has 1 saturated carbocycles. The molecule has 1 unspecified atom stereocenters. The molecule has 1 amide bonds. The second kappa shape index (κ2) is 6.53. The zero-order valence-electron chi connectivity index (χ0n) is 15.3. The molecule has 2 aromatic heterocycles. The smallest absolute Gasteiger partial charge is 0.249 e. The predicted octanol–water partition coefficient (Wildman–Crippen LogP) is 3.37. The lowest BCUT2D eigenvalue weighted by atomic mass is 10.0. The fraction of sp³-hybridized carbons (Fsp3) is 0.350. The van der Waals surface area contributed by atoms with Crippen molar-refractivity contribution in [1.29, 1.82) is 0 Å². The van der Waals surface area contributed by atoms with Crippen LogP contribution in [-0.2, 0) is 4.79 Å². The summed E-state index contributed by atoms with van der Waals surface area (Å²) in [5, 5.41) is 7.31. The average molecular weight is 349 g/mol. The van der Waals surface area contributed by atoms with Gasteiger partial charge in [0.05, 0.1) is 5.69 Å². The molecule has 6 nitrogen and oxygen atoms in total. The first-order valence-electron chi connectivity index (χ1n) is 8.96. The molecule has 1 fully saturated rings. The van der Waals surface area contributed by atoms with Crippen LogP contribution in [0.1, 0.15) is 31.4 Å². The molecule has 26 heavy (non-hydrogen) atoms. The molecule has 1 atom stereocenters. The topological polar surface area (TPSA) is 62.5 Å². The van der Waals surface area contributed by atoms with Gasteiger partial charge in [0.1, 0.15) is 0 Å². The van der Waals surface area contributed by atoms with Crippen LogP contribution in [0.2, 0.25) is 0 Å². The molecule has 134 valence electrons. The van der Waals surface area contributed by atoms with Crippen LogP contribution in [0.15, 0.2) is 42.5 Å². The highest BCUT2D eigenvalue weighted by atomic mass is 16.2. The number of fused-ring (bicyclic) bond motifs is 1. The number of carbonyl (C=O) groups is 1. The molecule has 0 radical (unpaired) electrons. The number of aromatic nitrogens is 3. The molecule has 4 rings (SSSR count). The van der Waals surface area contributed by atoms with E-state index in [-0.39, 0.29) is 11.8 Å². The van der Waals surface area contributed by atoms with Gasteiger partial charge in [0.15, 0.2) is 5.65 Å². The van der Waals surface area contributed by atoms with Gasteiger partial charge in [0.2, 0.25) is 11.9 Å². The fourth-order valence-electron chi connectivity index (χ4n) is 2.97. The highest BCUT2D eigenvalue weighted by Gasteiger charge is 2.30. The Morgan fingerprint density at radius 1 is 1.19 bits per heavy atom. The second-order valence-electron chi connectivity index (χ2n) is 7.14. The van der Waals surface area contributed by atoms with Crippen LogP contribution in [0.3, 0.4) is 0 Å². The summed E-state index contributed by atoms with van der Waals surface area (Å²) in [4.78, 5) is 18.6. The first-order valence-corrected chi connectivity index (χ1v) is 8.96. The highest BCUT2D eigenvalue weighted by Crippen LogP contribution is 2.30. The van der Waals surface area contributed by atoms with Crippen molar-refractivity contribution in [2.45, 2.75) is 25.8 Å². The second-order valence-corrected chi connectivity index (χ2v) is 7.14. The number of anilines is 1. The van der Waals surface area contributed by atoms with Crippen molar-refractivity contribution in [3.8, 4) is 11.3 Å². The summed E-state index contributed by atoms with van der Waals surface area (Å²) in [6, 6.07) is 14.7. The summed E-state index contributed by atoms with van der Waals surface area (Å²) in [5.74, 6) is 0.518. The summed E-state index contributed by atoms with van der Waals surface area (Å²) in [6.07, 6.45) is 1.92. The Labute approximate surface area is 152 Å². The molecular weight excluding hydrogens is 326 g/mol. The molecule has 0 spiro atoms. The van der Waals surface area contributed by atoms with Crippen LogP contribution in [0.4, 0.5) is 5.95 Å². The van der Waals surface area contributed by atoms with Gasteiger partial charge in [-0.15, -0.1) is 5.10 Å². The molecule has 2 heterocycles. The minimum absolute atomic E-state index is 0.0180. The maximum Gasteiger partial charge on any atom is 0.249 e. The lowest BCUT2D eigenvalue weighted by Crippen LogP contribution is -2.16. The van der Waals surface area contributed by atoms with Gasteiger partial charge in [-0.2, -0.15) is 4.98 Å². The molecular formula is C20H23N5O. The Balaban J connectivity index is 1.65. The highest BCUT2D eigenvalue weighted by molar-refractivity contribution is 5.92. The van der Waals surface area contributed by atoms with Crippen LogP contribution in [0.5, 0.6) is 0 Å². The molecule has 0 saturated heterocycles.